The molecule has 0 aliphatic heterocycles. The zero-order valence-electron chi connectivity index (χ0n) is 10.1. The number of rotatable bonds is 6. The second-order valence-electron chi connectivity index (χ2n) is 3.95. The van der Waals surface area contributed by atoms with Crippen LogP contribution in [0.3, 0.4) is 0 Å². The summed E-state index contributed by atoms with van der Waals surface area (Å²) < 4.78 is 0. The van der Waals surface area contributed by atoms with E-state index < -0.39 is 0 Å². The van der Waals surface area contributed by atoms with Crippen LogP contribution in [0.1, 0.15) is 33.0 Å². The lowest BCUT2D eigenvalue weighted by Gasteiger charge is -2.22. The molecule has 5 nitrogen and oxygen atoms in total. The SMILES string of the molecule is CCNC(CC)C(C)Cc1nnn(C)n1. The molecule has 1 rings (SSSR count). The summed E-state index contributed by atoms with van der Waals surface area (Å²) in [6.45, 7) is 7.58. The van der Waals surface area contributed by atoms with E-state index in [4.69, 9.17) is 0 Å². The van der Waals surface area contributed by atoms with Crippen LogP contribution in [0, 0.1) is 5.92 Å². The van der Waals surface area contributed by atoms with Crippen LogP contribution >= 0.6 is 0 Å². The number of nitrogens with one attached hydrogen (secondary N) is 1. The zero-order chi connectivity index (χ0) is 11.3. The molecule has 0 amide bonds. The third-order valence-corrected chi connectivity index (χ3v) is 2.65. The topological polar surface area (TPSA) is 55.6 Å². The number of hydrogen-bond acceptors (Lipinski definition) is 4. The molecule has 2 atom stereocenters. The molecule has 1 N–H and O–H groups in total. The molecule has 15 heavy (non-hydrogen) atoms. The first-order valence-corrected chi connectivity index (χ1v) is 5.63. The molecule has 0 aromatic carbocycles. The summed E-state index contributed by atoms with van der Waals surface area (Å²) in [7, 11) is 1.79. The second-order valence-corrected chi connectivity index (χ2v) is 3.95. The standard InChI is InChI=1S/C10H21N5/c1-5-9(11-6-2)8(3)7-10-12-14-15(4)13-10/h8-9,11H,5-7H2,1-4H3. The van der Waals surface area contributed by atoms with E-state index >= 15 is 0 Å². The van der Waals surface area contributed by atoms with Crippen LogP contribution in [0.4, 0.5) is 0 Å². The van der Waals surface area contributed by atoms with E-state index in [9.17, 15) is 0 Å². The van der Waals surface area contributed by atoms with Gasteiger partial charge in [-0.2, -0.15) is 4.80 Å². The van der Waals surface area contributed by atoms with Crippen molar-refractivity contribution in [2.45, 2.75) is 39.7 Å². The molecule has 86 valence electrons. The lowest BCUT2D eigenvalue weighted by atomic mass is 9.96. The number of aromatic nitrogens is 4. The molecule has 0 aliphatic rings. The molecule has 1 heterocycles. The van der Waals surface area contributed by atoms with Gasteiger partial charge in [-0.05, 0) is 24.1 Å². The maximum absolute atomic E-state index is 4.19. The zero-order valence-corrected chi connectivity index (χ0v) is 10.1. The maximum Gasteiger partial charge on any atom is 0.175 e. The number of hydrogen-bond donors (Lipinski definition) is 1. The third kappa shape index (κ3) is 3.58. The van der Waals surface area contributed by atoms with E-state index in [0.717, 1.165) is 25.2 Å². The van der Waals surface area contributed by atoms with Crippen molar-refractivity contribution in [3.63, 3.8) is 0 Å². The first-order valence-electron chi connectivity index (χ1n) is 5.63. The fourth-order valence-corrected chi connectivity index (χ4v) is 1.85. The Kier molecular flexibility index (Phi) is 4.68. The Morgan fingerprint density at radius 3 is 2.60 bits per heavy atom. The van der Waals surface area contributed by atoms with Gasteiger partial charge < -0.3 is 5.32 Å². The molecular formula is C10H21N5. The van der Waals surface area contributed by atoms with Crippen LogP contribution in [0.15, 0.2) is 0 Å². The molecule has 0 spiro atoms. The Bertz CT molecular complexity index is 283. The predicted molar refractivity (Wildman–Crippen MR) is 59.4 cm³/mol. The van der Waals surface area contributed by atoms with E-state index in [1.807, 2.05) is 0 Å². The summed E-state index contributed by atoms with van der Waals surface area (Å²) in [6.07, 6.45) is 2.02. The first kappa shape index (κ1) is 12.1. The summed E-state index contributed by atoms with van der Waals surface area (Å²) in [4.78, 5) is 1.51. The van der Waals surface area contributed by atoms with Gasteiger partial charge in [-0.1, -0.05) is 20.8 Å². The first-order chi connectivity index (χ1) is 7.17. The smallest absolute Gasteiger partial charge is 0.175 e. The van der Waals surface area contributed by atoms with Crippen LogP contribution in [0.25, 0.3) is 0 Å². The van der Waals surface area contributed by atoms with Crippen molar-refractivity contribution in [1.29, 1.82) is 0 Å². The van der Waals surface area contributed by atoms with Crippen LogP contribution in [0.5, 0.6) is 0 Å². The van der Waals surface area contributed by atoms with Crippen LogP contribution in [-0.4, -0.2) is 32.8 Å². The molecule has 0 bridgehead atoms. The van der Waals surface area contributed by atoms with Crippen molar-refractivity contribution in [1.82, 2.24) is 25.5 Å². The molecule has 0 radical (unpaired) electrons. The van der Waals surface area contributed by atoms with Gasteiger partial charge in [0.2, 0.25) is 0 Å². The Balaban J connectivity index is 2.49. The minimum Gasteiger partial charge on any atom is -0.314 e. The van der Waals surface area contributed by atoms with E-state index in [0.29, 0.717) is 12.0 Å². The summed E-state index contributed by atoms with van der Waals surface area (Å²) >= 11 is 0. The molecular weight excluding hydrogens is 190 g/mol. The van der Waals surface area contributed by atoms with E-state index in [1.165, 1.54) is 4.80 Å². The van der Waals surface area contributed by atoms with Crippen molar-refractivity contribution < 1.29 is 0 Å². The normalized spacial score (nSPS) is 15.2. The highest BCUT2D eigenvalue weighted by molar-refractivity contribution is 4.84. The molecule has 5 heteroatoms. The molecule has 1 aromatic rings. The van der Waals surface area contributed by atoms with E-state index in [2.05, 4.69) is 41.5 Å². The van der Waals surface area contributed by atoms with Gasteiger partial charge in [-0.15, -0.1) is 10.2 Å². The summed E-state index contributed by atoms with van der Waals surface area (Å²) in [5.74, 6) is 1.38. The van der Waals surface area contributed by atoms with Crippen molar-refractivity contribution in [3.8, 4) is 0 Å². The fraction of sp³-hybridized carbons (Fsp3) is 0.900. The van der Waals surface area contributed by atoms with Gasteiger partial charge >= 0.3 is 0 Å². The van der Waals surface area contributed by atoms with Crippen molar-refractivity contribution in [2.24, 2.45) is 13.0 Å². The van der Waals surface area contributed by atoms with Crippen LogP contribution in [-0.2, 0) is 13.5 Å². The van der Waals surface area contributed by atoms with Gasteiger partial charge in [0.25, 0.3) is 0 Å². The second kappa shape index (κ2) is 5.80. The Hall–Kier alpha value is -0.970. The van der Waals surface area contributed by atoms with Crippen molar-refractivity contribution in [3.05, 3.63) is 5.82 Å². The summed E-state index contributed by atoms with van der Waals surface area (Å²) in [6, 6.07) is 0.541. The molecule has 0 fully saturated rings. The number of nitrogens with zero attached hydrogens (tertiary/aromatic N) is 4. The Morgan fingerprint density at radius 2 is 2.13 bits per heavy atom. The van der Waals surface area contributed by atoms with Gasteiger partial charge in [0.05, 0.1) is 7.05 Å². The number of aryl methyl sites for hydroxylation is 1. The largest absolute Gasteiger partial charge is 0.314 e. The summed E-state index contributed by atoms with van der Waals surface area (Å²) in [5.41, 5.74) is 0. The Labute approximate surface area is 91.2 Å². The molecule has 0 aliphatic carbocycles. The molecule has 0 saturated carbocycles. The quantitative estimate of drug-likeness (QED) is 0.755. The monoisotopic (exact) mass is 211 g/mol. The van der Waals surface area contributed by atoms with Crippen molar-refractivity contribution in [2.75, 3.05) is 6.54 Å². The molecule has 0 saturated heterocycles. The van der Waals surface area contributed by atoms with Gasteiger partial charge in [-0.25, -0.2) is 0 Å². The summed E-state index contributed by atoms with van der Waals surface area (Å²) in [5, 5.41) is 15.5. The maximum atomic E-state index is 4.19. The predicted octanol–water partition coefficient (Wildman–Crippen LogP) is 0.777. The van der Waals surface area contributed by atoms with Crippen LogP contribution in [0.2, 0.25) is 0 Å². The highest BCUT2D eigenvalue weighted by atomic mass is 15.6. The van der Waals surface area contributed by atoms with Gasteiger partial charge in [0.1, 0.15) is 0 Å². The number of tetrazole rings is 1. The minimum absolute atomic E-state index is 0.541. The fourth-order valence-electron chi connectivity index (χ4n) is 1.85. The minimum atomic E-state index is 0.541. The highest BCUT2D eigenvalue weighted by Crippen LogP contribution is 2.11. The molecule has 1 aromatic heterocycles. The average molecular weight is 211 g/mol. The Morgan fingerprint density at radius 1 is 1.40 bits per heavy atom. The van der Waals surface area contributed by atoms with Crippen molar-refractivity contribution >= 4 is 0 Å². The van der Waals surface area contributed by atoms with Crippen LogP contribution < -0.4 is 5.32 Å². The van der Waals surface area contributed by atoms with Gasteiger partial charge in [0.15, 0.2) is 5.82 Å². The average Bonchev–Trinajstić information content (AvgIpc) is 2.60. The van der Waals surface area contributed by atoms with Gasteiger partial charge in [0, 0.05) is 12.5 Å². The lowest BCUT2D eigenvalue weighted by molar-refractivity contribution is 0.365. The lowest BCUT2D eigenvalue weighted by Crippen LogP contribution is -2.35. The van der Waals surface area contributed by atoms with E-state index in [-0.39, 0.29) is 0 Å². The van der Waals surface area contributed by atoms with E-state index in [1.54, 1.807) is 7.05 Å². The third-order valence-electron chi connectivity index (χ3n) is 2.65. The van der Waals surface area contributed by atoms with Gasteiger partial charge in [-0.3, -0.25) is 0 Å². The highest BCUT2D eigenvalue weighted by Gasteiger charge is 2.16. The molecule has 2 unspecified atom stereocenters.